The Balaban J connectivity index is 1.40. The molecule has 1 aliphatic heterocycles. The zero-order valence-corrected chi connectivity index (χ0v) is 24.5. The van der Waals surface area contributed by atoms with E-state index in [1.54, 1.807) is 11.3 Å². The average Bonchev–Trinajstić information content (AvgIpc) is 3.55. The summed E-state index contributed by atoms with van der Waals surface area (Å²) in [5, 5.41) is 11.9. The molecule has 1 saturated heterocycles. The van der Waals surface area contributed by atoms with Crippen LogP contribution in [0.5, 0.6) is 0 Å². The largest absolute Gasteiger partial charge is 0.308 e. The van der Waals surface area contributed by atoms with E-state index in [2.05, 4.69) is 37.5 Å². The first-order valence-corrected chi connectivity index (χ1v) is 15.7. The molecule has 0 spiro atoms. The third-order valence-corrected chi connectivity index (χ3v) is 10.7. The van der Waals surface area contributed by atoms with Crippen molar-refractivity contribution in [1.29, 1.82) is 5.26 Å². The van der Waals surface area contributed by atoms with Crippen LogP contribution in [0.1, 0.15) is 78.4 Å². The highest BCUT2D eigenvalue weighted by Gasteiger charge is 2.41. The van der Waals surface area contributed by atoms with E-state index in [0.717, 1.165) is 76.9 Å². The molecular formula is C32H34N4OS2. The minimum Gasteiger partial charge on any atom is -0.308 e. The second kappa shape index (κ2) is 10.8. The normalized spacial score (nSPS) is 23.4. The van der Waals surface area contributed by atoms with E-state index < -0.39 is 0 Å². The second-order valence-electron chi connectivity index (χ2n) is 11.0. The number of fused-ring (bicyclic) bond motifs is 1. The number of rotatable bonds is 4. The van der Waals surface area contributed by atoms with Crippen molar-refractivity contribution in [1.82, 2.24) is 9.47 Å². The van der Waals surface area contributed by atoms with Crippen LogP contribution < -0.4 is 0 Å². The average molecular weight is 555 g/mol. The number of para-hydroxylation sites is 1. The monoisotopic (exact) mass is 554 g/mol. The van der Waals surface area contributed by atoms with Gasteiger partial charge in [0.05, 0.1) is 16.2 Å². The number of carbonyl (C=O) groups is 1. The van der Waals surface area contributed by atoms with E-state index in [1.807, 2.05) is 41.3 Å². The van der Waals surface area contributed by atoms with Crippen molar-refractivity contribution >= 4 is 45.9 Å². The molecule has 2 aromatic heterocycles. The Bertz CT molecular complexity index is 1520. The lowest BCUT2D eigenvalue weighted by Crippen LogP contribution is -2.44. The van der Waals surface area contributed by atoms with Crippen LogP contribution in [-0.2, 0) is 17.6 Å². The number of thiophene rings is 1. The zero-order valence-electron chi connectivity index (χ0n) is 22.9. The topological polar surface area (TPSA) is 61.4 Å². The first-order valence-electron chi connectivity index (χ1n) is 14.1. The first-order chi connectivity index (χ1) is 19.0. The van der Waals surface area contributed by atoms with Gasteiger partial charge in [0.15, 0.2) is 5.17 Å². The number of amidine groups is 1. The molecule has 1 aromatic carbocycles. The molecule has 1 amide bonds. The molecule has 0 bridgehead atoms. The van der Waals surface area contributed by atoms with Crippen LogP contribution in [0.2, 0.25) is 0 Å². The van der Waals surface area contributed by atoms with Crippen LogP contribution in [0.3, 0.4) is 0 Å². The summed E-state index contributed by atoms with van der Waals surface area (Å²) in [6.45, 7) is 6.46. The molecule has 0 radical (unpaired) electrons. The third kappa shape index (κ3) is 4.79. The number of aryl methyl sites for hydroxylation is 2. The number of carbonyl (C=O) groups excluding carboxylic acids is 1. The SMILES string of the molecule is Cc1cc(/C=C2\SC(=Nc3ccccc3)N([C@@H]3CCCC[C@@H]3C)C2=O)c(C)n1-c1sc2c(c1C#N)CCCC2. The molecule has 6 rings (SSSR count). The van der Waals surface area contributed by atoms with Crippen molar-refractivity contribution in [3.8, 4) is 11.1 Å². The number of amides is 1. The van der Waals surface area contributed by atoms with Crippen molar-refractivity contribution < 1.29 is 4.79 Å². The Labute approximate surface area is 239 Å². The lowest BCUT2D eigenvalue weighted by Gasteiger charge is -2.35. The Hall–Kier alpha value is -3.08. The summed E-state index contributed by atoms with van der Waals surface area (Å²) < 4.78 is 2.22. The smallest absolute Gasteiger partial charge is 0.267 e. The number of aliphatic imine (C=N–C) groups is 1. The van der Waals surface area contributed by atoms with Crippen LogP contribution >= 0.6 is 23.1 Å². The van der Waals surface area contributed by atoms with Gasteiger partial charge in [-0.1, -0.05) is 38.0 Å². The molecule has 2 fully saturated rings. The molecule has 5 nitrogen and oxygen atoms in total. The van der Waals surface area contributed by atoms with E-state index in [9.17, 15) is 10.1 Å². The molecule has 3 heterocycles. The van der Waals surface area contributed by atoms with Gasteiger partial charge in [0.25, 0.3) is 5.91 Å². The Morgan fingerprint density at radius 3 is 2.62 bits per heavy atom. The molecular weight excluding hydrogens is 521 g/mol. The molecule has 0 N–H and O–H groups in total. The Morgan fingerprint density at radius 2 is 1.85 bits per heavy atom. The number of aromatic nitrogens is 1. The van der Waals surface area contributed by atoms with Crippen molar-refractivity contribution in [2.45, 2.75) is 78.2 Å². The van der Waals surface area contributed by atoms with Gasteiger partial charge in [0.1, 0.15) is 11.1 Å². The maximum atomic E-state index is 14.0. The predicted molar refractivity (Wildman–Crippen MR) is 162 cm³/mol. The van der Waals surface area contributed by atoms with E-state index >= 15 is 0 Å². The van der Waals surface area contributed by atoms with Crippen molar-refractivity contribution in [2.24, 2.45) is 10.9 Å². The molecule has 39 heavy (non-hydrogen) atoms. The maximum absolute atomic E-state index is 14.0. The van der Waals surface area contributed by atoms with E-state index in [4.69, 9.17) is 4.99 Å². The minimum atomic E-state index is 0.0579. The van der Waals surface area contributed by atoms with Crippen LogP contribution in [0, 0.1) is 31.1 Å². The van der Waals surface area contributed by atoms with Gasteiger partial charge in [-0.05, 0) is 105 Å². The predicted octanol–water partition coefficient (Wildman–Crippen LogP) is 8.09. The van der Waals surface area contributed by atoms with Gasteiger partial charge in [-0.3, -0.25) is 9.69 Å². The number of nitrogens with zero attached hydrogens (tertiary/aromatic N) is 4. The van der Waals surface area contributed by atoms with Crippen LogP contribution in [0.4, 0.5) is 5.69 Å². The highest BCUT2D eigenvalue weighted by atomic mass is 32.2. The van der Waals surface area contributed by atoms with E-state index in [-0.39, 0.29) is 11.9 Å². The standard InChI is InChI=1S/C32H34N4OS2/c1-20-11-7-9-15-27(20)36-30(37)29(39-32(36)34-24-12-5-4-6-13-24)18-23-17-21(2)35(22(23)3)31-26(19-33)25-14-8-10-16-28(25)38-31/h4-6,12-13,17-18,20,27H,7-11,14-16H2,1-3H3/b29-18-,34-32?/t20-,27+/m0/s1. The van der Waals surface area contributed by atoms with Gasteiger partial charge in [0, 0.05) is 22.3 Å². The molecule has 7 heteroatoms. The lowest BCUT2D eigenvalue weighted by atomic mass is 9.85. The lowest BCUT2D eigenvalue weighted by molar-refractivity contribution is -0.124. The van der Waals surface area contributed by atoms with Crippen molar-refractivity contribution in [3.63, 3.8) is 0 Å². The fourth-order valence-electron chi connectivity index (χ4n) is 6.36. The molecule has 0 unspecified atom stereocenters. The van der Waals surface area contributed by atoms with Gasteiger partial charge in [-0.25, -0.2) is 4.99 Å². The van der Waals surface area contributed by atoms with E-state index in [1.165, 1.54) is 35.0 Å². The fourth-order valence-corrected chi connectivity index (χ4v) is 8.85. The Kier molecular flexibility index (Phi) is 7.26. The number of hydrogen-bond acceptors (Lipinski definition) is 5. The fraction of sp³-hybridized carbons (Fsp3) is 0.406. The number of nitriles is 1. The summed E-state index contributed by atoms with van der Waals surface area (Å²) in [6, 6.07) is 14.8. The number of hydrogen-bond donors (Lipinski definition) is 0. The molecule has 200 valence electrons. The van der Waals surface area contributed by atoms with Crippen LogP contribution in [0.15, 0.2) is 46.3 Å². The first kappa shape index (κ1) is 26.2. The summed E-state index contributed by atoms with van der Waals surface area (Å²) in [4.78, 5) is 23.0. The van der Waals surface area contributed by atoms with Gasteiger partial charge in [0.2, 0.25) is 0 Å². The second-order valence-corrected chi connectivity index (χ2v) is 13.1. The molecule has 3 aromatic rings. The summed E-state index contributed by atoms with van der Waals surface area (Å²) >= 11 is 3.26. The van der Waals surface area contributed by atoms with Crippen LogP contribution in [0.25, 0.3) is 11.1 Å². The van der Waals surface area contributed by atoms with Crippen molar-refractivity contribution in [3.05, 3.63) is 74.3 Å². The van der Waals surface area contributed by atoms with Gasteiger partial charge in [-0.2, -0.15) is 5.26 Å². The molecule has 2 atom stereocenters. The van der Waals surface area contributed by atoms with Gasteiger partial charge < -0.3 is 4.57 Å². The van der Waals surface area contributed by atoms with Gasteiger partial charge >= 0.3 is 0 Å². The summed E-state index contributed by atoms with van der Waals surface area (Å²) in [5.41, 5.74) is 6.12. The van der Waals surface area contributed by atoms with Crippen molar-refractivity contribution in [2.75, 3.05) is 0 Å². The Morgan fingerprint density at radius 1 is 1.08 bits per heavy atom. The maximum Gasteiger partial charge on any atom is 0.267 e. The zero-order chi connectivity index (χ0) is 27.1. The molecule has 3 aliphatic rings. The summed E-state index contributed by atoms with van der Waals surface area (Å²) in [6.07, 6.45) is 11.0. The number of benzene rings is 1. The molecule has 1 saturated carbocycles. The highest BCUT2D eigenvalue weighted by Crippen LogP contribution is 2.42. The minimum absolute atomic E-state index is 0.0579. The highest BCUT2D eigenvalue weighted by molar-refractivity contribution is 8.18. The number of thioether (sulfide) groups is 1. The summed E-state index contributed by atoms with van der Waals surface area (Å²) in [5.74, 6) is 0.505. The van der Waals surface area contributed by atoms with Crippen LogP contribution in [-0.4, -0.2) is 26.6 Å². The quantitative estimate of drug-likeness (QED) is 0.306. The van der Waals surface area contributed by atoms with Gasteiger partial charge in [-0.15, -0.1) is 11.3 Å². The van der Waals surface area contributed by atoms with E-state index in [0.29, 0.717) is 10.8 Å². The summed E-state index contributed by atoms with van der Waals surface area (Å²) in [7, 11) is 0. The third-order valence-electron chi connectivity index (χ3n) is 8.44. The molecule has 2 aliphatic carbocycles.